The molecule has 12 unspecified atom stereocenters. The highest BCUT2D eigenvalue weighted by Crippen LogP contribution is 2.30. The lowest BCUT2D eigenvalue weighted by molar-refractivity contribution is -0.359. The number of aliphatic hydroxyl groups is 8. The van der Waals surface area contributed by atoms with Crippen LogP contribution in [0.15, 0.2) is 48.6 Å². The summed E-state index contributed by atoms with van der Waals surface area (Å²) in [7, 11) is 0. The minimum atomic E-state index is -1.79. The molecule has 14 nitrogen and oxygen atoms in total. The summed E-state index contributed by atoms with van der Waals surface area (Å²) in [6, 6.07) is -0.942. The van der Waals surface area contributed by atoms with Crippen molar-refractivity contribution in [3.63, 3.8) is 0 Å². The number of nitrogens with one attached hydrogen (secondary N) is 1. The molecule has 2 saturated heterocycles. The van der Waals surface area contributed by atoms with Crippen LogP contribution in [0.5, 0.6) is 0 Å². The second-order valence-electron chi connectivity index (χ2n) is 22.2. The number of unbranched alkanes of at least 4 members (excludes halogenated alkanes) is 31. The van der Waals surface area contributed by atoms with E-state index in [1.165, 1.54) is 154 Å². The topological polar surface area (TPSA) is 228 Å². The van der Waals surface area contributed by atoms with Gasteiger partial charge in [0.2, 0.25) is 5.91 Å². The van der Waals surface area contributed by atoms with E-state index >= 15 is 0 Å². The lowest BCUT2D eigenvalue weighted by Gasteiger charge is -2.46. The van der Waals surface area contributed by atoms with Crippen molar-refractivity contribution in [3.05, 3.63) is 48.6 Å². The number of carbonyl (C=O) groups excluding carboxylic acids is 1. The van der Waals surface area contributed by atoms with Gasteiger partial charge in [-0.2, -0.15) is 0 Å². The summed E-state index contributed by atoms with van der Waals surface area (Å²) in [5, 5.41) is 87.0. The van der Waals surface area contributed by atoms with Gasteiger partial charge in [0.25, 0.3) is 0 Å². The van der Waals surface area contributed by atoms with Gasteiger partial charge in [-0.15, -0.1) is 0 Å². The largest absolute Gasteiger partial charge is 0.394 e. The Morgan fingerprint density at radius 1 is 0.455 bits per heavy atom. The van der Waals surface area contributed by atoms with Gasteiger partial charge in [0.05, 0.1) is 32.0 Å². The van der Waals surface area contributed by atoms with E-state index in [2.05, 4.69) is 55.6 Å². The van der Waals surface area contributed by atoms with Crippen molar-refractivity contribution in [2.24, 2.45) is 0 Å². The van der Waals surface area contributed by atoms with Gasteiger partial charge in [0.15, 0.2) is 12.6 Å². The third-order valence-corrected chi connectivity index (χ3v) is 15.2. The Hall–Kier alpha value is -2.05. The molecule has 2 rings (SSSR count). The minimum absolute atomic E-state index is 0.259. The molecule has 0 bridgehead atoms. The minimum Gasteiger partial charge on any atom is -0.394 e. The fourth-order valence-electron chi connectivity index (χ4n) is 10.1. The zero-order valence-corrected chi connectivity index (χ0v) is 48.5. The predicted octanol–water partition coefficient (Wildman–Crippen LogP) is 11.2. The molecule has 9 N–H and O–H groups in total. The number of hydrogen-bond donors (Lipinski definition) is 9. The number of carbonyl (C=O) groups is 1. The Morgan fingerprint density at radius 3 is 1.30 bits per heavy atom. The van der Waals surface area contributed by atoms with Gasteiger partial charge >= 0.3 is 0 Å². The molecule has 1 amide bonds. The average molecular weight is 1090 g/mol. The van der Waals surface area contributed by atoms with E-state index in [4.69, 9.17) is 18.9 Å². The van der Waals surface area contributed by atoms with Crippen molar-refractivity contribution in [1.29, 1.82) is 0 Å². The monoisotopic (exact) mass is 1090 g/mol. The van der Waals surface area contributed by atoms with Crippen LogP contribution in [0.4, 0.5) is 0 Å². The van der Waals surface area contributed by atoms with Gasteiger partial charge in [0.1, 0.15) is 48.8 Å². The molecule has 0 aliphatic carbocycles. The van der Waals surface area contributed by atoms with E-state index in [9.17, 15) is 45.6 Å². The SMILES string of the molecule is CCCCC/C=C\CCCCCCCC(=O)NC(COC1OC(CO)C(OC2OC(CO)C(O)C(O)C2O)C(O)C1O)C(O)/C=C/CC/C=C/CC/C=C/CCCCCCCCCCCCCCCCCCCCCCC. The molecule has 2 heterocycles. The van der Waals surface area contributed by atoms with Crippen LogP contribution in [-0.4, -0.2) is 140 Å². The molecule has 0 spiro atoms. The number of allylic oxidation sites excluding steroid dienone is 7. The molecular weight excluding hydrogens is 979 g/mol. The van der Waals surface area contributed by atoms with E-state index in [1.54, 1.807) is 6.08 Å². The van der Waals surface area contributed by atoms with Crippen LogP contribution in [-0.2, 0) is 23.7 Å². The highest BCUT2D eigenvalue weighted by atomic mass is 16.7. The van der Waals surface area contributed by atoms with Crippen molar-refractivity contribution in [1.82, 2.24) is 5.32 Å². The number of ether oxygens (including phenoxy) is 4. The molecule has 0 aromatic heterocycles. The molecule has 14 heteroatoms. The maximum atomic E-state index is 13.2. The van der Waals surface area contributed by atoms with Gasteiger partial charge in [-0.05, 0) is 70.6 Å². The van der Waals surface area contributed by atoms with Crippen molar-refractivity contribution in [2.75, 3.05) is 19.8 Å². The molecule has 450 valence electrons. The number of rotatable bonds is 50. The first-order valence-electron chi connectivity index (χ1n) is 31.4. The highest BCUT2D eigenvalue weighted by molar-refractivity contribution is 5.76. The first kappa shape index (κ1) is 71.1. The summed E-state index contributed by atoms with van der Waals surface area (Å²) in [5.74, 6) is -0.264. The van der Waals surface area contributed by atoms with Crippen LogP contribution in [0, 0.1) is 0 Å². The Kier molecular flexibility index (Phi) is 44.9. The molecule has 0 aromatic rings. The van der Waals surface area contributed by atoms with Gasteiger partial charge in [0, 0.05) is 6.42 Å². The Balaban J connectivity index is 1.70. The fourth-order valence-corrected chi connectivity index (χ4v) is 10.1. The van der Waals surface area contributed by atoms with E-state index in [-0.39, 0.29) is 18.9 Å². The van der Waals surface area contributed by atoms with Crippen molar-refractivity contribution >= 4 is 5.91 Å². The summed E-state index contributed by atoms with van der Waals surface area (Å²) in [4.78, 5) is 13.2. The van der Waals surface area contributed by atoms with Gasteiger partial charge in [-0.25, -0.2) is 0 Å². The lowest BCUT2D eigenvalue weighted by Crippen LogP contribution is -2.65. The molecule has 2 aliphatic rings. The van der Waals surface area contributed by atoms with Crippen LogP contribution in [0.1, 0.15) is 251 Å². The fraction of sp³-hybridized carbons (Fsp3) is 0.857. The molecule has 77 heavy (non-hydrogen) atoms. The summed E-state index contributed by atoms with van der Waals surface area (Å²) < 4.78 is 22.7. The third-order valence-electron chi connectivity index (χ3n) is 15.2. The molecule has 0 aromatic carbocycles. The van der Waals surface area contributed by atoms with Crippen LogP contribution in [0.25, 0.3) is 0 Å². The molecule has 12 atom stereocenters. The smallest absolute Gasteiger partial charge is 0.220 e. The van der Waals surface area contributed by atoms with Crippen LogP contribution in [0.2, 0.25) is 0 Å². The molecule has 0 radical (unpaired) electrons. The van der Waals surface area contributed by atoms with Crippen LogP contribution in [0.3, 0.4) is 0 Å². The molecule has 2 fully saturated rings. The first-order chi connectivity index (χ1) is 37.6. The Labute approximate surface area is 467 Å². The average Bonchev–Trinajstić information content (AvgIpc) is 3.44. The van der Waals surface area contributed by atoms with Crippen molar-refractivity contribution in [3.8, 4) is 0 Å². The zero-order valence-electron chi connectivity index (χ0n) is 48.5. The maximum Gasteiger partial charge on any atom is 0.220 e. The predicted molar refractivity (Wildman–Crippen MR) is 309 cm³/mol. The standard InChI is InChI=1S/C63H115NO13/c1-3-5-7-9-11-13-15-17-18-19-20-21-22-23-24-25-26-27-28-29-30-31-32-33-34-35-36-38-40-42-44-46-52(67)51(64-55(68)47-45-43-41-39-37-16-14-12-10-8-6-4-2)50-74-62-60(73)58(71)61(54(49-66)76-62)77-63-59(72)57(70)56(69)53(48-65)75-63/h12,14,32-33,36,38,44,46,51-54,56-63,65-67,69-73H,3-11,13,15-31,34-35,37,39-43,45,47-50H2,1-2H3,(H,64,68)/b14-12-,33-32+,38-36+,46-44+. The third kappa shape index (κ3) is 34.1. The number of amides is 1. The number of aliphatic hydroxyl groups excluding tert-OH is 8. The lowest BCUT2D eigenvalue weighted by atomic mass is 9.97. The van der Waals surface area contributed by atoms with E-state index in [1.807, 2.05) is 6.08 Å². The Morgan fingerprint density at radius 2 is 0.831 bits per heavy atom. The Bertz CT molecular complexity index is 1480. The second kappa shape index (κ2) is 48.6. The summed E-state index contributed by atoms with van der Waals surface area (Å²) in [5.41, 5.74) is 0. The van der Waals surface area contributed by atoms with Crippen LogP contribution < -0.4 is 5.32 Å². The van der Waals surface area contributed by atoms with Gasteiger partial charge < -0.3 is 65.1 Å². The van der Waals surface area contributed by atoms with Gasteiger partial charge in [-0.3, -0.25) is 4.79 Å². The maximum absolute atomic E-state index is 13.2. The number of hydrogen-bond acceptors (Lipinski definition) is 13. The molecule has 0 saturated carbocycles. The van der Waals surface area contributed by atoms with Gasteiger partial charge in [-0.1, -0.05) is 223 Å². The first-order valence-corrected chi connectivity index (χ1v) is 31.4. The van der Waals surface area contributed by atoms with E-state index in [0.717, 1.165) is 64.2 Å². The van der Waals surface area contributed by atoms with E-state index in [0.29, 0.717) is 12.8 Å². The molecule has 2 aliphatic heterocycles. The summed E-state index contributed by atoms with van der Waals surface area (Å²) in [6.07, 6.45) is 44.7. The van der Waals surface area contributed by atoms with Crippen molar-refractivity contribution < 1.29 is 64.6 Å². The highest BCUT2D eigenvalue weighted by Gasteiger charge is 2.51. The summed E-state index contributed by atoms with van der Waals surface area (Å²) in [6.45, 7) is 2.75. The zero-order chi connectivity index (χ0) is 56.0. The molecular formula is C63H115NO13. The normalized spacial score (nSPS) is 25.0. The second-order valence-corrected chi connectivity index (χ2v) is 22.2. The van der Waals surface area contributed by atoms with Crippen LogP contribution >= 0.6 is 0 Å². The summed E-state index contributed by atoms with van der Waals surface area (Å²) >= 11 is 0. The van der Waals surface area contributed by atoms with Crippen molar-refractivity contribution in [2.45, 2.75) is 325 Å². The quantitative estimate of drug-likeness (QED) is 0.0204. The van der Waals surface area contributed by atoms with E-state index < -0.39 is 86.8 Å².